The van der Waals surface area contributed by atoms with Crippen LogP contribution >= 0.6 is 0 Å². The molecule has 0 spiro atoms. The third-order valence-corrected chi connectivity index (χ3v) is 2.33. The molecule has 0 amide bonds. The monoisotopic (exact) mass is 201 g/mol. The summed E-state index contributed by atoms with van der Waals surface area (Å²) in [5.74, 6) is 1.45. The molecule has 2 heterocycles. The second-order valence-corrected chi connectivity index (χ2v) is 4.09. The van der Waals surface area contributed by atoms with Crippen LogP contribution in [0.1, 0.15) is 31.2 Å². The van der Waals surface area contributed by atoms with Gasteiger partial charge in [0.2, 0.25) is 0 Å². The molecule has 2 aromatic heterocycles. The van der Waals surface area contributed by atoms with E-state index in [0.717, 1.165) is 22.6 Å². The van der Waals surface area contributed by atoms with E-state index in [4.69, 9.17) is 0 Å². The van der Waals surface area contributed by atoms with Crippen molar-refractivity contribution in [2.24, 2.45) is 0 Å². The Morgan fingerprint density at radius 1 is 1.20 bits per heavy atom. The summed E-state index contributed by atoms with van der Waals surface area (Å²) in [7, 11) is 0. The van der Waals surface area contributed by atoms with Crippen LogP contribution in [-0.2, 0) is 0 Å². The first-order valence-corrected chi connectivity index (χ1v) is 5.13. The lowest BCUT2D eigenvalue weighted by Gasteiger charge is -2.00. The molecule has 0 saturated heterocycles. The minimum Gasteiger partial charge on any atom is -0.342 e. The van der Waals surface area contributed by atoms with Crippen molar-refractivity contribution >= 4 is 0 Å². The summed E-state index contributed by atoms with van der Waals surface area (Å²) in [5.41, 5.74) is 3.29. The van der Waals surface area contributed by atoms with Crippen LogP contribution < -0.4 is 0 Å². The first-order valence-electron chi connectivity index (χ1n) is 5.13. The number of hydrogen-bond acceptors (Lipinski definition) is 2. The third kappa shape index (κ3) is 2.06. The predicted octanol–water partition coefficient (Wildman–Crippen LogP) is 2.90. The zero-order chi connectivity index (χ0) is 10.8. The first kappa shape index (κ1) is 9.90. The van der Waals surface area contributed by atoms with E-state index in [2.05, 4.69) is 34.9 Å². The molecule has 0 aromatic carbocycles. The van der Waals surface area contributed by atoms with Crippen molar-refractivity contribution in [1.82, 2.24) is 15.0 Å². The number of nitrogens with zero attached hydrogens (tertiary/aromatic N) is 2. The van der Waals surface area contributed by atoms with Crippen molar-refractivity contribution in [2.75, 3.05) is 0 Å². The molecule has 1 N–H and O–H groups in total. The van der Waals surface area contributed by atoms with Gasteiger partial charge in [0.1, 0.15) is 5.82 Å². The van der Waals surface area contributed by atoms with E-state index in [1.54, 1.807) is 0 Å². The molecule has 15 heavy (non-hydrogen) atoms. The topological polar surface area (TPSA) is 41.6 Å². The SMILES string of the molecule is Cc1cncc(-c2cnc(C(C)C)[nH]2)c1. The molecule has 0 bridgehead atoms. The van der Waals surface area contributed by atoms with Crippen molar-refractivity contribution in [3.8, 4) is 11.3 Å². The Labute approximate surface area is 89.6 Å². The van der Waals surface area contributed by atoms with Gasteiger partial charge in [0.05, 0.1) is 11.9 Å². The van der Waals surface area contributed by atoms with E-state index in [1.807, 2.05) is 25.5 Å². The molecule has 0 saturated carbocycles. The van der Waals surface area contributed by atoms with Gasteiger partial charge in [0, 0.05) is 23.9 Å². The van der Waals surface area contributed by atoms with E-state index in [-0.39, 0.29) is 0 Å². The molecule has 3 heteroatoms. The molecule has 0 atom stereocenters. The summed E-state index contributed by atoms with van der Waals surface area (Å²) in [6.45, 7) is 6.28. The molecule has 0 aliphatic carbocycles. The Kier molecular flexibility index (Phi) is 2.54. The zero-order valence-corrected chi connectivity index (χ0v) is 9.28. The number of hydrogen-bond donors (Lipinski definition) is 1. The summed E-state index contributed by atoms with van der Waals surface area (Å²) in [6.07, 6.45) is 5.57. The fourth-order valence-corrected chi connectivity index (χ4v) is 1.48. The highest BCUT2D eigenvalue weighted by Crippen LogP contribution is 2.19. The van der Waals surface area contributed by atoms with Gasteiger partial charge < -0.3 is 4.98 Å². The largest absolute Gasteiger partial charge is 0.342 e. The van der Waals surface area contributed by atoms with E-state index < -0.39 is 0 Å². The molecule has 2 aromatic rings. The Balaban J connectivity index is 2.37. The van der Waals surface area contributed by atoms with Gasteiger partial charge in [-0.25, -0.2) is 4.98 Å². The highest BCUT2D eigenvalue weighted by Gasteiger charge is 2.06. The molecule has 0 aliphatic heterocycles. The summed E-state index contributed by atoms with van der Waals surface area (Å²) >= 11 is 0. The minimum atomic E-state index is 0.427. The maximum atomic E-state index is 4.34. The van der Waals surface area contributed by atoms with Crippen LogP contribution in [0.2, 0.25) is 0 Å². The number of aromatic nitrogens is 3. The van der Waals surface area contributed by atoms with Crippen LogP contribution in [0.15, 0.2) is 24.7 Å². The van der Waals surface area contributed by atoms with Crippen LogP contribution in [0, 0.1) is 6.92 Å². The molecule has 0 unspecified atom stereocenters. The highest BCUT2D eigenvalue weighted by molar-refractivity contribution is 5.57. The average Bonchev–Trinajstić information content (AvgIpc) is 2.66. The van der Waals surface area contributed by atoms with Crippen LogP contribution in [0.3, 0.4) is 0 Å². The van der Waals surface area contributed by atoms with E-state index in [0.29, 0.717) is 5.92 Å². The van der Waals surface area contributed by atoms with Gasteiger partial charge in [-0.15, -0.1) is 0 Å². The Morgan fingerprint density at radius 2 is 2.00 bits per heavy atom. The van der Waals surface area contributed by atoms with Crippen molar-refractivity contribution in [1.29, 1.82) is 0 Å². The Bertz CT molecular complexity index is 457. The molecule has 3 nitrogen and oxygen atoms in total. The highest BCUT2D eigenvalue weighted by atomic mass is 14.9. The summed E-state index contributed by atoms with van der Waals surface area (Å²) in [4.78, 5) is 11.8. The minimum absolute atomic E-state index is 0.427. The number of aryl methyl sites for hydroxylation is 1. The van der Waals surface area contributed by atoms with E-state index in [9.17, 15) is 0 Å². The molecule has 0 aliphatic rings. The number of imidazole rings is 1. The first-order chi connectivity index (χ1) is 7.16. The number of H-pyrrole nitrogens is 1. The van der Waals surface area contributed by atoms with Gasteiger partial charge in [0.15, 0.2) is 0 Å². The summed E-state index contributed by atoms with van der Waals surface area (Å²) < 4.78 is 0. The summed E-state index contributed by atoms with van der Waals surface area (Å²) in [5, 5.41) is 0. The lowest BCUT2D eigenvalue weighted by Crippen LogP contribution is -1.89. The van der Waals surface area contributed by atoms with E-state index >= 15 is 0 Å². The van der Waals surface area contributed by atoms with Gasteiger partial charge in [-0.1, -0.05) is 13.8 Å². The molecule has 0 radical (unpaired) electrons. The standard InChI is InChI=1S/C12H15N3/c1-8(2)12-14-7-11(15-12)10-4-9(3)5-13-6-10/h4-8H,1-3H3,(H,14,15). The van der Waals surface area contributed by atoms with Gasteiger partial charge >= 0.3 is 0 Å². The van der Waals surface area contributed by atoms with Crippen LogP contribution in [0.25, 0.3) is 11.3 Å². The number of pyridine rings is 1. The second-order valence-electron chi connectivity index (χ2n) is 4.09. The van der Waals surface area contributed by atoms with Gasteiger partial charge in [0.25, 0.3) is 0 Å². The number of nitrogens with one attached hydrogen (secondary N) is 1. The molecular formula is C12H15N3. The molecule has 2 rings (SSSR count). The van der Waals surface area contributed by atoms with Crippen molar-refractivity contribution in [3.05, 3.63) is 36.0 Å². The fraction of sp³-hybridized carbons (Fsp3) is 0.333. The van der Waals surface area contributed by atoms with E-state index in [1.165, 1.54) is 0 Å². The van der Waals surface area contributed by atoms with Crippen molar-refractivity contribution < 1.29 is 0 Å². The number of aromatic amines is 1. The van der Waals surface area contributed by atoms with Gasteiger partial charge in [-0.3, -0.25) is 4.98 Å². The smallest absolute Gasteiger partial charge is 0.109 e. The van der Waals surface area contributed by atoms with Crippen molar-refractivity contribution in [3.63, 3.8) is 0 Å². The maximum absolute atomic E-state index is 4.34. The average molecular weight is 201 g/mol. The molecule has 0 fully saturated rings. The zero-order valence-electron chi connectivity index (χ0n) is 9.28. The predicted molar refractivity (Wildman–Crippen MR) is 60.6 cm³/mol. The lowest BCUT2D eigenvalue weighted by atomic mass is 10.2. The third-order valence-electron chi connectivity index (χ3n) is 2.33. The van der Waals surface area contributed by atoms with Crippen molar-refractivity contribution in [2.45, 2.75) is 26.7 Å². The number of rotatable bonds is 2. The second kappa shape index (κ2) is 3.85. The van der Waals surface area contributed by atoms with Crippen LogP contribution in [0.4, 0.5) is 0 Å². The van der Waals surface area contributed by atoms with Crippen LogP contribution in [0.5, 0.6) is 0 Å². The van der Waals surface area contributed by atoms with Gasteiger partial charge in [-0.2, -0.15) is 0 Å². The molecule has 78 valence electrons. The lowest BCUT2D eigenvalue weighted by molar-refractivity contribution is 0.795. The molecular weight excluding hydrogens is 186 g/mol. The summed E-state index contributed by atoms with van der Waals surface area (Å²) in [6, 6.07) is 2.10. The normalized spacial score (nSPS) is 10.9. The Morgan fingerprint density at radius 3 is 2.60 bits per heavy atom. The quantitative estimate of drug-likeness (QED) is 0.811. The van der Waals surface area contributed by atoms with Gasteiger partial charge in [-0.05, 0) is 18.6 Å². The fourth-order valence-electron chi connectivity index (χ4n) is 1.48. The Hall–Kier alpha value is -1.64. The maximum Gasteiger partial charge on any atom is 0.109 e. The van der Waals surface area contributed by atoms with Crippen LogP contribution in [-0.4, -0.2) is 15.0 Å².